The van der Waals surface area contributed by atoms with E-state index in [2.05, 4.69) is 6.92 Å². The molecule has 0 aliphatic heterocycles. The standard InChI is InChI=1S/C13H19ClOS/c1-2-9-4-3-5-10(8-9)13(15)11-6-7-12(14)16-11/h6-7,9-10,13,15H,2-5,8H2,1H3. The lowest BCUT2D eigenvalue weighted by atomic mass is 9.77. The van der Waals surface area contributed by atoms with Gasteiger partial charge in [-0.2, -0.15) is 0 Å². The SMILES string of the molecule is CCC1CCCC(C(O)c2ccc(Cl)s2)C1. The van der Waals surface area contributed by atoms with E-state index >= 15 is 0 Å². The van der Waals surface area contributed by atoms with Crippen LogP contribution in [-0.4, -0.2) is 5.11 Å². The third kappa shape index (κ3) is 2.79. The molecule has 1 N–H and O–H groups in total. The molecular formula is C13H19ClOS. The molecule has 1 fully saturated rings. The number of hydrogen-bond donors (Lipinski definition) is 1. The van der Waals surface area contributed by atoms with Crippen LogP contribution in [0.2, 0.25) is 4.34 Å². The highest BCUT2D eigenvalue weighted by molar-refractivity contribution is 7.16. The highest BCUT2D eigenvalue weighted by Crippen LogP contribution is 2.40. The second-order valence-corrected chi connectivity index (χ2v) is 6.53. The summed E-state index contributed by atoms with van der Waals surface area (Å²) in [6, 6.07) is 3.85. The van der Waals surface area contributed by atoms with E-state index in [0.717, 1.165) is 21.6 Å². The Labute approximate surface area is 106 Å². The first kappa shape index (κ1) is 12.4. The van der Waals surface area contributed by atoms with E-state index in [1.54, 1.807) is 0 Å². The van der Waals surface area contributed by atoms with Crippen molar-refractivity contribution in [1.82, 2.24) is 0 Å². The average molecular weight is 259 g/mol. The summed E-state index contributed by atoms with van der Waals surface area (Å²) in [4.78, 5) is 1.03. The van der Waals surface area contributed by atoms with Gasteiger partial charge in [0.15, 0.2) is 0 Å². The van der Waals surface area contributed by atoms with Gasteiger partial charge in [0, 0.05) is 4.88 Å². The van der Waals surface area contributed by atoms with Crippen LogP contribution in [0.25, 0.3) is 0 Å². The quantitative estimate of drug-likeness (QED) is 0.837. The monoisotopic (exact) mass is 258 g/mol. The van der Waals surface area contributed by atoms with E-state index < -0.39 is 0 Å². The number of hydrogen-bond acceptors (Lipinski definition) is 2. The molecule has 1 aromatic rings. The van der Waals surface area contributed by atoms with Gasteiger partial charge in [0.1, 0.15) is 0 Å². The third-order valence-electron chi connectivity index (χ3n) is 3.73. The van der Waals surface area contributed by atoms with Gasteiger partial charge >= 0.3 is 0 Å². The van der Waals surface area contributed by atoms with Crippen molar-refractivity contribution in [3.63, 3.8) is 0 Å². The topological polar surface area (TPSA) is 20.2 Å². The second kappa shape index (κ2) is 5.52. The Morgan fingerprint density at radius 1 is 1.50 bits per heavy atom. The van der Waals surface area contributed by atoms with Gasteiger partial charge in [-0.1, -0.05) is 37.8 Å². The maximum atomic E-state index is 10.3. The summed E-state index contributed by atoms with van der Waals surface area (Å²) >= 11 is 7.42. The lowest BCUT2D eigenvalue weighted by molar-refractivity contribution is 0.0705. The van der Waals surface area contributed by atoms with Gasteiger partial charge < -0.3 is 5.11 Å². The number of aliphatic hydroxyl groups is 1. The Hall–Kier alpha value is -0.0500. The fourth-order valence-electron chi connectivity index (χ4n) is 2.71. The minimum atomic E-state index is -0.299. The summed E-state index contributed by atoms with van der Waals surface area (Å²) in [6.45, 7) is 2.25. The van der Waals surface area contributed by atoms with Crippen LogP contribution in [-0.2, 0) is 0 Å². The van der Waals surface area contributed by atoms with Crippen LogP contribution >= 0.6 is 22.9 Å². The lowest BCUT2D eigenvalue weighted by Crippen LogP contribution is -2.20. The molecule has 3 heteroatoms. The van der Waals surface area contributed by atoms with Crippen LogP contribution in [0.4, 0.5) is 0 Å². The average Bonchev–Trinajstić information content (AvgIpc) is 2.75. The van der Waals surface area contributed by atoms with Crippen LogP contribution in [0.5, 0.6) is 0 Å². The van der Waals surface area contributed by atoms with E-state index in [4.69, 9.17) is 11.6 Å². The van der Waals surface area contributed by atoms with Crippen LogP contribution in [0.1, 0.15) is 50.0 Å². The molecule has 2 rings (SSSR count). The molecule has 3 atom stereocenters. The van der Waals surface area contributed by atoms with E-state index in [-0.39, 0.29) is 6.10 Å². The molecule has 1 aliphatic rings. The molecule has 0 aromatic carbocycles. The van der Waals surface area contributed by atoms with E-state index in [1.807, 2.05) is 12.1 Å². The summed E-state index contributed by atoms with van der Waals surface area (Å²) in [5.74, 6) is 1.25. The zero-order chi connectivity index (χ0) is 11.5. The Bertz CT molecular complexity index is 336. The first-order chi connectivity index (χ1) is 7.70. The van der Waals surface area contributed by atoms with Crippen molar-refractivity contribution in [3.8, 4) is 0 Å². The van der Waals surface area contributed by atoms with E-state index in [9.17, 15) is 5.11 Å². The first-order valence-corrected chi connectivity index (χ1v) is 7.33. The molecule has 90 valence electrons. The Morgan fingerprint density at radius 3 is 2.94 bits per heavy atom. The van der Waals surface area contributed by atoms with Crippen molar-refractivity contribution in [3.05, 3.63) is 21.3 Å². The summed E-state index contributed by atoms with van der Waals surface area (Å²) in [6.07, 6.45) is 5.88. The summed E-state index contributed by atoms with van der Waals surface area (Å²) in [5.41, 5.74) is 0. The van der Waals surface area contributed by atoms with Crippen molar-refractivity contribution < 1.29 is 5.11 Å². The number of thiophene rings is 1. The molecular weight excluding hydrogens is 240 g/mol. The van der Waals surface area contributed by atoms with Crippen molar-refractivity contribution in [2.45, 2.75) is 45.1 Å². The number of aliphatic hydroxyl groups excluding tert-OH is 1. The summed E-state index contributed by atoms with van der Waals surface area (Å²) < 4.78 is 0.775. The predicted molar refractivity (Wildman–Crippen MR) is 70.0 cm³/mol. The summed E-state index contributed by atoms with van der Waals surface area (Å²) in [7, 11) is 0. The molecule has 1 saturated carbocycles. The van der Waals surface area contributed by atoms with Gasteiger partial charge in [-0.15, -0.1) is 11.3 Å². The van der Waals surface area contributed by atoms with Crippen LogP contribution in [0, 0.1) is 11.8 Å². The molecule has 0 amide bonds. The van der Waals surface area contributed by atoms with Gasteiger partial charge in [0.2, 0.25) is 0 Å². The minimum absolute atomic E-state index is 0.299. The van der Waals surface area contributed by atoms with Crippen LogP contribution < -0.4 is 0 Å². The van der Waals surface area contributed by atoms with E-state index in [0.29, 0.717) is 5.92 Å². The summed E-state index contributed by atoms with van der Waals surface area (Å²) in [5, 5.41) is 10.3. The zero-order valence-corrected chi connectivity index (χ0v) is 11.2. The largest absolute Gasteiger partial charge is 0.387 e. The van der Waals surface area contributed by atoms with Crippen molar-refractivity contribution >= 4 is 22.9 Å². The second-order valence-electron chi connectivity index (χ2n) is 4.79. The van der Waals surface area contributed by atoms with Crippen molar-refractivity contribution in [2.75, 3.05) is 0 Å². The number of rotatable bonds is 3. The molecule has 0 saturated heterocycles. The molecule has 1 heterocycles. The highest BCUT2D eigenvalue weighted by Gasteiger charge is 2.28. The molecule has 1 nitrogen and oxygen atoms in total. The fraction of sp³-hybridized carbons (Fsp3) is 0.692. The van der Waals surface area contributed by atoms with Crippen molar-refractivity contribution in [1.29, 1.82) is 0 Å². The van der Waals surface area contributed by atoms with Gasteiger partial charge in [0.25, 0.3) is 0 Å². The molecule has 0 bridgehead atoms. The maximum Gasteiger partial charge on any atom is 0.0932 e. The zero-order valence-electron chi connectivity index (χ0n) is 9.66. The molecule has 0 radical (unpaired) electrons. The van der Waals surface area contributed by atoms with Crippen LogP contribution in [0.3, 0.4) is 0 Å². The normalized spacial score (nSPS) is 27.9. The van der Waals surface area contributed by atoms with Gasteiger partial charge in [-0.3, -0.25) is 0 Å². The Balaban J connectivity index is 2.01. The lowest BCUT2D eigenvalue weighted by Gasteiger charge is -2.31. The first-order valence-electron chi connectivity index (χ1n) is 6.14. The third-order valence-corrected chi connectivity index (χ3v) is 5.03. The van der Waals surface area contributed by atoms with Crippen molar-refractivity contribution in [2.24, 2.45) is 11.8 Å². The number of halogens is 1. The molecule has 0 spiro atoms. The Kier molecular flexibility index (Phi) is 4.28. The highest BCUT2D eigenvalue weighted by atomic mass is 35.5. The molecule has 1 aromatic heterocycles. The molecule has 16 heavy (non-hydrogen) atoms. The Morgan fingerprint density at radius 2 is 2.31 bits per heavy atom. The van der Waals surface area contributed by atoms with Crippen LogP contribution in [0.15, 0.2) is 12.1 Å². The minimum Gasteiger partial charge on any atom is -0.387 e. The van der Waals surface area contributed by atoms with Gasteiger partial charge in [-0.25, -0.2) is 0 Å². The van der Waals surface area contributed by atoms with Gasteiger partial charge in [-0.05, 0) is 36.8 Å². The molecule has 3 unspecified atom stereocenters. The van der Waals surface area contributed by atoms with E-state index in [1.165, 1.54) is 37.0 Å². The fourth-order valence-corrected chi connectivity index (χ4v) is 3.85. The van der Waals surface area contributed by atoms with Gasteiger partial charge in [0.05, 0.1) is 10.4 Å². The predicted octanol–water partition coefficient (Wildman–Crippen LogP) is 4.65. The smallest absolute Gasteiger partial charge is 0.0932 e. The maximum absolute atomic E-state index is 10.3. The molecule has 1 aliphatic carbocycles.